The Hall–Kier alpha value is -2.11. The number of ether oxygens (including phenoxy) is 1. The summed E-state index contributed by atoms with van der Waals surface area (Å²) in [6.07, 6.45) is 0.681. The van der Waals surface area contributed by atoms with E-state index in [0.717, 1.165) is 5.56 Å². The van der Waals surface area contributed by atoms with Gasteiger partial charge < -0.3 is 10.5 Å². The quantitative estimate of drug-likeness (QED) is 0.853. The predicted molar refractivity (Wildman–Crippen MR) is 80.6 cm³/mol. The number of likely N-dealkylation sites (tertiary alicyclic amines) is 1. The Kier molecular flexibility index (Phi) is 4.39. The second-order valence-corrected chi connectivity index (χ2v) is 6.50. The number of hydrogen-bond donors (Lipinski definition) is 1. The van der Waals surface area contributed by atoms with Crippen molar-refractivity contribution < 1.29 is 18.7 Å². The first-order chi connectivity index (χ1) is 10.2. The Balaban J connectivity index is 2.13. The zero-order valence-electron chi connectivity index (χ0n) is 13.1. The Morgan fingerprint density at radius 2 is 2.14 bits per heavy atom. The average molecular weight is 308 g/mol. The third-order valence-corrected chi connectivity index (χ3v) is 3.45. The Morgan fingerprint density at radius 3 is 2.73 bits per heavy atom. The summed E-state index contributed by atoms with van der Waals surface area (Å²) in [5.74, 6) is -0.718. The fourth-order valence-electron chi connectivity index (χ4n) is 2.49. The SMILES string of the molecule is CC(C)(C)OC(=O)N1C(=O)CC[C@H]1Cc1ccc(F)c(N)c1. The number of nitrogen functional groups attached to an aromatic ring is 1. The number of benzene rings is 1. The van der Waals surface area contributed by atoms with Crippen LogP contribution in [-0.4, -0.2) is 28.5 Å². The van der Waals surface area contributed by atoms with E-state index in [4.69, 9.17) is 10.5 Å². The second-order valence-electron chi connectivity index (χ2n) is 6.50. The molecule has 2 amide bonds. The van der Waals surface area contributed by atoms with Crippen LogP contribution in [0.2, 0.25) is 0 Å². The number of imide groups is 1. The standard InChI is InChI=1S/C16H21FN2O3/c1-16(2,3)22-15(21)19-11(5-7-14(19)20)8-10-4-6-12(17)13(18)9-10/h4,6,9,11H,5,7-8,18H2,1-3H3/t11-/m0/s1. The molecule has 1 aliphatic rings. The van der Waals surface area contributed by atoms with E-state index in [9.17, 15) is 14.0 Å². The van der Waals surface area contributed by atoms with E-state index in [2.05, 4.69) is 0 Å². The molecule has 1 atom stereocenters. The highest BCUT2D eigenvalue weighted by atomic mass is 19.1. The van der Waals surface area contributed by atoms with Crippen LogP contribution in [0.3, 0.4) is 0 Å². The minimum Gasteiger partial charge on any atom is -0.443 e. The molecule has 1 aliphatic heterocycles. The number of amides is 2. The zero-order chi connectivity index (χ0) is 16.5. The molecule has 0 spiro atoms. The van der Waals surface area contributed by atoms with Crippen molar-refractivity contribution in [3.8, 4) is 0 Å². The van der Waals surface area contributed by atoms with Crippen molar-refractivity contribution in [1.82, 2.24) is 4.90 Å². The van der Waals surface area contributed by atoms with E-state index in [1.165, 1.54) is 17.0 Å². The second kappa shape index (κ2) is 5.94. The van der Waals surface area contributed by atoms with Crippen LogP contribution in [0.4, 0.5) is 14.9 Å². The van der Waals surface area contributed by atoms with Crippen LogP contribution in [-0.2, 0) is 16.0 Å². The van der Waals surface area contributed by atoms with Gasteiger partial charge in [-0.05, 0) is 51.3 Å². The summed E-state index contributed by atoms with van der Waals surface area (Å²) in [7, 11) is 0. The van der Waals surface area contributed by atoms with Gasteiger partial charge in [0.05, 0.1) is 5.69 Å². The predicted octanol–water partition coefficient (Wildman–Crippen LogP) is 2.88. The first-order valence-corrected chi connectivity index (χ1v) is 7.26. The first kappa shape index (κ1) is 16.3. The molecule has 6 heteroatoms. The Bertz CT molecular complexity index is 596. The molecule has 120 valence electrons. The fourth-order valence-corrected chi connectivity index (χ4v) is 2.49. The molecular weight excluding hydrogens is 287 g/mol. The molecule has 1 fully saturated rings. The summed E-state index contributed by atoms with van der Waals surface area (Å²) in [5, 5.41) is 0. The van der Waals surface area contributed by atoms with Gasteiger partial charge in [0.15, 0.2) is 0 Å². The maximum Gasteiger partial charge on any atom is 0.417 e. The van der Waals surface area contributed by atoms with Crippen LogP contribution < -0.4 is 5.73 Å². The van der Waals surface area contributed by atoms with Gasteiger partial charge in [-0.15, -0.1) is 0 Å². The highest BCUT2D eigenvalue weighted by Gasteiger charge is 2.38. The largest absolute Gasteiger partial charge is 0.443 e. The van der Waals surface area contributed by atoms with Crippen LogP contribution in [0.1, 0.15) is 39.2 Å². The summed E-state index contributed by atoms with van der Waals surface area (Å²) in [5.41, 5.74) is 5.74. The van der Waals surface area contributed by atoms with Crippen LogP contribution in [0.15, 0.2) is 18.2 Å². The molecule has 0 radical (unpaired) electrons. The van der Waals surface area contributed by atoms with Crippen LogP contribution in [0.25, 0.3) is 0 Å². The van der Waals surface area contributed by atoms with Crippen LogP contribution in [0.5, 0.6) is 0 Å². The molecule has 1 saturated heterocycles. The van der Waals surface area contributed by atoms with Gasteiger partial charge in [0.2, 0.25) is 5.91 Å². The van der Waals surface area contributed by atoms with Gasteiger partial charge in [-0.1, -0.05) is 6.07 Å². The summed E-state index contributed by atoms with van der Waals surface area (Å²) in [6.45, 7) is 5.25. The van der Waals surface area contributed by atoms with Gasteiger partial charge in [-0.25, -0.2) is 14.1 Å². The van der Waals surface area contributed by atoms with Gasteiger partial charge in [0.1, 0.15) is 11.4 Å². The lowest BCUT2D eigenvalue weighted by atomic mass is 10.0. The van der Waals surface area contributed by atoms with Crippen LogP contribution in [0, 0.1) is 5.82 Å². The number of halogens is 1. The van der Waals surface area contributed by atoms with Gasteiger partial charge >= 0.3 is 6.09 Å². The number of hydrogen-bond acceptors (Lipinski definition) is 4. The molecule has 5 nitrogen and oxygen atoms in total. The topological polar surface area (TPSA) is 72.6 Å². The molecule has 0 aromatic heterocycles. The molecule has 0 bridgehead atoms. The number of nitrogens with zero attached hydrogens (tertiary/aromatic N) is 1. The zero-order valence-corrected chi connectivity index (χ0v) is 13.1. The number of anilines is 1. The third kappa shape index (κ3) is 3.75. The average Bonchev–Trinajstić information content (AvgIpc) is 2.73. The minimum absolute atomic E-state index is 0.0608. The van der Waals surface area contributed by atoms with Crippen molar-refractivity contribution in [3.63, 3.8) is 0 Å². The highest BCUT2D eigenvalue weighted by Crippen LogP contribution is 2.25. The normalized spacial score (nSPS) is 18.6. The monoisotopic (exact) mass is 308 g/mol. The smallest absolute Gasteiger partial charge is 0.417 e. The summed E-state index contributed by atoms with van der Waals surface area (Å²) in [6, 6.07) is 4.15. The summed E-state index contributed by atoms with van der Waals surface area (Å²) in [4.78, 5) is 25.3. The van der Waals surface area contributed by atoms with E-state index >= 15 is 0 Å². The van der Waals surface area contributed by atoms with Crippen molar-refractivity contribution in [1.29, 1.82) is 0 Å². The minimum atomic E-state index is -0.662. The van der Waals surface area contributed by atoms with Gasteiger partial charge in [0, 0.05) is 12.5 Å². The molecule has 0 saturated carbocycles. The first-order valence-electron chi connectivity index (χ1n) is 7.26. The van der Waals surface area contributed by atoms with Gasteiger partial charge in [-0.3, -0.25) is 4.79 Å². The summed E-state index contributed by atoms with van der Waals surface area (Å²) < 4.78 is 18.5. The van der Waals surface area contributed by atoms with E-state index in [0.29, 0.717) is 19.3 Å². The van der Waals surface area contributed by atoms with Crippen LogP contribution >= 0.6 is 0 Å². The lowest BCUT2D eigenvalue weighted by Crippen LogP contribution is -2.43. The molecule has 2 N–H and O–H groups in total. The van der Waals surface area contributed by atoms with Crippen molar-refractivity contribution in [3.05, 3.63) is 29.6 Å². The van der Waals surface area contributed by atoms with E-state index in [1.54, 1.807) is 26.8 Å². The molecule has 1 aromatic carbocycles. The maximum atomic E-state index is 13.2. The lowest BCUT2D eigenvalue weighted by molar-refractivity contribution is -0.128. The van der Waals surface area contributed by atoms with E-state index in [1.807, 2.05) is 0 Å². The molecular formula is C16H21FN2O3. The van der Waals surface area contributed by atoms with Crippen molar-refractivity contribution in [2.45, 2.75) is 51.7 Å². The van der Waals surface area contributed by atoms with Crippen molar-refractivity contribution in [2.24, 2.45) is 0 Å². The van der Waals surface area contributed by atoms with Crippen molar-refractivity contribution in [2.75, 3.05) is 5.73 Å². The Labute approximate surface area is 129 Å². The molecule has 0 aliphatic carbocycles. The summed E-state index contributed by atoms with van der Waals surface area (Å²) >= 11 is 0. The highest BCUT2D eigenvalue weighted by molar-refractivity contribution is 5.94. The molecule has 0 unspecified atom stereocenters. The number of nitrogens with two attached hydrogens (primary N) is 1. The van der Waals surface area contributed by atoms with Gasteiger partial charge in [0.25, 0.3) is 0 Å². The number of carbonyl (C=O) groups excluding carboxylic acids is 2. The lowest BCUT2D eigenvalue weighted by Gasteiger charge is -2.27. The van der Waals surface area contributed by atoms with E-state index in [-0.39, 0.29) is 17.6 Å². The molecule has 1 heterocycles. The third-order valence-electron chi connectivity index (χ3n) is 3.45. The molecule has 22 heavy (non-hydrogen) atoms. The maximum absolute atomic E-state index is 13.2. The number of carbonyl (C=O) groups is 2. The van der Waals surface area contributed by atoms with E-state index < -0.39 is 17.5 Å². The van der Waals surface area contributed by atoms with Crippen molar-refractivity contribution >= 4 is 17.7 Å². The molecule has 2 rings (SSSR count). The Morgan fingerprint density at radius 1 is 1.45 bits per heavy atom. The molecule has 1 aromatic rings. The fraction of sp³-hybridized carbons (Fsp3) is 0.500. The number of rotatable bonds is 2. The van der Waals surface area contributed by atoms with Gasteiger partial charge in [-0.2, -0.15) is 0 Å².